The van der Waals surface area contributed by atoms with Gasteiger partial charge in [-0.3, -0.25) is 0 Å². The standard InChI is InChI=1S/C14H14ClNO2/c15-12-3-1-11(2-4-12)13-5-6-14(18-13)16-7-9-17-10-8-16/h1-6H,7-10H2. The van der Waals surface area contributed by atoms with Crippen molar-refractivity contribution in [3.8, 4) is 11.3 Å². The van der Waals surface area contributed by atoms with Crippen molar-refractivity contribution in [3.05, 3.63) is 41.4 Å². The zero-order valence-corrected chi connectivity index (χ0v) is 10.7. The Labute approximate surface area is 111 Å². The van der Waals surface area contributed by atoms with E-state index >= 15 is 0 Å². The molecule has 4 heteroatoms. The summed E-state index contributed by atoms with van der Waals surface area (Å²) in [7, 11) is 0. The number of morpholine rings is 1. The van der Waals surface area contributed by atoms with Crippen LogP contribution in [0.15, 0.2) is 40.8 Å². The van der Waals surface area contributed by atoms with Gasteiger partial charge in [-0.15, -0.1) is 0 Å². The molecule has 0 N–H and O–H groups in total. The first-order chi connectivity index (χ1) is 8.83. The van der Waals surface area contributed by atoms with Crippen molar-refractivity contribution >= 4 is 17.5 Å². The molecule has 0 bridgehead atoms. The molecule has 2 aromatic rings. The summed E-state index contributed by atoms with van der Waals surface area (Å²) in [6.45, 7) is 3.29. The first-order valence-corrected chi connectivity index (χ1v) is 6.39. The maximum absolute atomic E-state index is 5.88. The molecule has 0 saturated carbocycles. The maximum Gasteiger partial charge on any atom is 0.196 e. The van der Waals surface area contributed by atoms with Crippen LogP contribution in [0.2, 0.25) is 5.02 Å². The number of hydrogen-bond acceptors (Lipinski definition) is 3. The Morgan fingerprint density at radius 3 is 2.39 bits per heavy atom. The molecule has 1 fully saturated rings. The fourth-order valence-electron chi connectivity index (χ4n) is 2.05. The number of benzene rings is 1. The van der Waals surface area contributed by atoms with Crippen LogP contribution in [-0.2, 0) is 4.74 Å². The Hall–Kier alpha value is -1.45. The second-order valence-electron chi connectivity index (χ2n) is 4.24. The van der Waals surface area contributed by atoms with E-state index in [9.17, 15) is 0 Å². The highest BCUT2D eigenvalue weighted by atomic mass is 35.5. The summed E-state index contributed by atoms with van der Waals surface area (Å²) in [6.07, 6.45) is 0. The van der Waals surface area contributed by atoms with E-state index in [1.807, 2.05) is 36.4 Å². The lowest BCUT2D eigenvalue weighted by atomic mass is 10.2. The van der Waals surface area contributed by atoms with Gasteiger partial charge in [0, 0.05) is 29.7 Å². The van der Waals surface area contributed by atoms with E-state index in [0.29, 0.717) is 0 Å². The average Bonchev–Trinajstić information content (AvgIpc) is 2.90. The van der Waals surface area contributed by atoms with Crippen LogP contribution >= 0.6 is 11.6 Å². The van der Waals surface area contributed by atoms with Crippen molar-refractivity contribution < 1.29 is 9.15 Å². The van der Waals surface area contributed by atoms with Gasteiger partial charge in [0.1, 0.15) is 5.76 Å². The fraction of sp³-hybridized carbons (Fsp3) is 0.286. The molecular weight excluding hydrogens is 250 g/mol. The van der Waals surface area contributed by atoms with Crippen LogP contribution in [0.4, 0.5) is 5.88 Å². The third-order valence-electron chi connectivity index (χ3n) is 3.04. The highest BCUT2D eigenvalue weighted by Crippen LogP contribution is 2.28. The van der Waals surface area contributed by atoms with Crippen LogP contribution in [0.1, 0.15) is 0 Å². The van der Waals surface area contributed by atoms with E-state index in [4.69, 9.17) is 20.8 Å². The maximum atomic E-state index is 5.88. The summed E-state index contributed by atoms with van der Waals surface area (Å²) < 4.78 is 11.2. The first kappa shape index (κ1) is 11.6. The van der Waals surface area contributed by atoms with Gasteiger partial charge < -0.3 is 14.1 Å². The van der Waals surface area contributed by atoms with Gasteiger partial charge in [-0.25, -0.2) is 0 Å². The topological polar surface area (TPSA) is 25.6 Å². The molecule has 2 heterocycles. The van der Waals surface area contributed by atoms with Crippen LogP contribution in [0.5, 0.6) is 0 Å². The van der Waals surface area contributed by atoms with Gasteiger partial charge in [-0.05, 0) is 30.3 Å². The molecule has 0 amide bonds. The number of halogens is 1. The largest absolute Gasteiger partial charge is 0.441 e. The third kappa shape index (κ3) is 2.37. The number of ether oxygens (including phenoxy) is 1. The quantitative estimate of drug-likeness (QED) is 0.830. The van der Waals surface area contributed by atoms with E-state index in [-0.39, 0.29) is 0 Å². The smallest absolute Gasteiger partial charge is 0.196 e. The molecule has 0 radical (unpaired) electrons. The number of furan rings is 1. The summed E-state index contributed by atoms with van der Waals surface area (Å²) in [5.41, 5.74) is 1.04. The Morgan fingerprint density at radius 2 is 1.67 bits per heavy atom. The van der Waals surface area contributed by atoms with Gasteiger partial charge in [0.05, 0.1) is 13.2 Å². The van der Waals surface area contributed by atoms with Gasteiger partial charge in [0.15, 0.2) is 5.88 Å². The monoisotopic (exact) mass is 263 g/mol. The van der Waals surface area contributed by atoms with Gasteiger partial charge in [0.25, 0.3) is 0 Å². The Morgan fingerprint density at radius 1 is 0.944 bits per heavy atom. The highest BCUT2D eigenvalue weighted by Gasteiger charge is 2.15. The highest BCUT2D eigenvalue weighted by molar-refractivity contribution is 6.30. The number of hydrogen-bond donors (Lipinski definition) is 0. The fourth-order valence-corrected chi connectivity index (χ4v) is 2.18. The Kier molecular flexibility index (Phi) is 3.26. The van der Waals surface area contributed by atoms with Crippen molar-refractivity contribution in [1.82, 2.24) is 0 Å². The SMILES string of the molecule is Clc1ccc(-c2ccc(N3CCOCC3)o2)cc1. The average molecular weight is 264 g/mol. The summed E-state index contributed by atoms with van der Waals surface area (Å²) in [5.74, 6) is 1.77. The predicted molar refractivity (Wildman–Crippen MR) is 72.2 cm³/mol. The molecule has 0 spiro atoms. The molecule has 0 aliphatic carbocycles. The zero-order chi connectivity index (χ0) is 12.4. The molecule has 94 valence electrons. The van der Waals surface area contributed by atoms with Crippen LogP contribution in [0.3, 0.4) is 0 Å². The molecule has 0 unspecified atom stereocenters. The minimum absolute atomic E-state index is 0.735. The minimum Gasteiger partial charge on any atom is -0.441 e. The number of anilines is 1. The van der Waals surface area contributed by atoms with Crippen molar-refractivity contribution in [2.24, 2.45) is 0 Å². The Balaban J connectivity index is 1.82. The summed E-state index contributed by atoms with van der Waals surface area (Å²) in [6, 6.07) is 11.7. The predicted octanol–water partition coefficient (Wildman–Crippen LogP) is 3.44. The van der Waals surface area contributed by atoms with Crippen molar-refractivity contribution in [2.75, 3.05) is 31.2 Å². The van der Waals surface area contributed by atoms with E-state index in [0.717, 1.165) is 48.5 Å². The second-order valence-corrected chi connectivity index (χ2v) is 4.68. The van der Waals surface area contributed by atoms with Crippen LogP contribution in [0, 0.1) is 0 Å². The van der Waals surface area contributed by atoms with Crippen LogP contribution in [0.25, 0.3) is 11.3 Å². The molecule has 1 saturated heterocycles. The normalized spacial score (nSPS) is 15.9. The molecule has 18 heavy (non-hydrogen) atoms. The van der Waals surface area contributed by atoms with Crippen molar-refractivity contribution in [1.29, 1.82) is 0 Å². The summed E-state index contributed by atoms with van der Waals surface area (Å²) in [5, 5.41) is 0.735. The first-order valence-electron chi connectivity index (χ1n) is 6.01. The molecule has 1 aromatic heterocycles. The molecule has 1 aliphatic heterocycles. The van der Waals surface area contributed by atoms with Gasteiger partial charge in [-0.1, -0.05) is 11.6 Å². The zero-order valence-electron chi connectivity index (χ0n) is 9.93. The van der Waals surface area contributed by atoms with E-state index in [1.54, 1.807) is 0 Å². The van der Waals surface area contributed by atoms with Crippen molar-refractivity contribution in [2.45, 2.75) is 0 Å². The van der Waals surface area contributed by atoms with Gasteiger partial charge in [-0.2, -0.15) is 0 Å². The lowest BCUT2D eigenvalue weighted by molar-refractivity contribution is 0.121. The van der Waals surface area contributed by atoms with E-state index < -0.39 is 0 Å². The molecule has 1 aromatic carbocycles. The third-order valence-corrected chi connectivity index (χ3v) is 3.30. The lowest BCUT2D eigenvalue weighted by Crippen LogP contribution is -2.35. The van der Waals surface area contributed by atoms with Gasteiger partial charge in [0.2, 0.25) is 0 Å². The van der Waals surface area contributed by atoms with E-state index in [1.165, 1.54) is 0 Å². The molecular formula is C14H14ClNO2. The van der Waals surface area contributed by atoms with E-state index in [2.05, 4.69) is 4.90 Å². The van der Waals surface area contributed by atoms with Crippen molar-refractivity contribution in [3.63, 3.8) is 0 Å². The molecule has 1 aliphatic rings. The molecule has 0 atom stereocenters. The number of nitrogens with zero attached hydrogens (tertiary/aromatic N) is 1. The molecule has 3 nitrogen and oxygen atoms in total. The van der Waals surface area contributed by atoms with Gasteiger partial charge >= 0.3 is 0 Å². The van der Waals surface area contributed by atoms with Crippen LogP contribution in [-0.4, -0.2) is 26.3 Å². The molecule has 3 rings (SSSR count). The summed E-state index contributed by atoms with van der Waals surface area (Å²) in [4.78, 5) is 2.20. The summed E-state index contributed by atoms with van der Waals surface area (Å²) >= 11 is 5.87. The second kappa shape index (κ2) is 5.04. The minimum atomic E-state index is 0.735. The number of rotatable bonds is 2. The lowest BCUT2D eigenvalue weighted by Gasteiger charge is -2.26. The van der Waals surface area contributed by atoms with Crippen LogP contribution < -0.4 is 4.90 Å². The Bertz CT molecular complexity index is 515.